The van der Waals surface area contributed by atoms with Gasteiger partial charge >= 0.3 is 0 Å². The van der Waals surface area contributed by atoms with Crippen molar-refractivity contribution in [2.45, 2.75) is 37.3 Å². The normalized spacial score (nSPS) is 14.1. The molecule has 0 aliphatic rings. The molecule has 2 heterocycles. The maximum atomic E-state index is 12.9. The molecule has 1 atom stereocenters. The molecule has 0 radical (unpaired) electrons. The van der Waals surface area contributed by atoms with E-state index in [2.05, 4.69) is 14.4 Å². The molecule has 0 spiro atoms. The summed E-state index contributed by atoms with van der Waals surface area (Å²) in [6.07, 6.45) is 4.22. The Morgan fingerprint density at radius 1 is 1.19 bits per heavy atom. The van der Waals surface area contributed by atoms with Crippen LogP contribution in [0.5, 0.6) is 0 Å². The van der Waals surface area contributed by atoms with Crippen molar-refractivity contribution < 1.29 is 13.0 Å². The molecule has 1 aromatic carbocycles. The number of aromatic nitrogens is 3. The van der Waals surface area contributed by atoms with Gasteiger partial charge in [0.05, 0.1) is 11.1 Å². The molecule has 0 saturated carbocycles. The highest BCUT2D eigenvalue weighted by molar-refractivity contribution is 7.91. The first-order valence-electron chi connectivity index (χ1n) is 8.21. The Morgan fingerprint density at radius 2 is 1.85 bits per heavy atom. The SMILES string of the molecule is Cc1ccc(S(=O)(=O)n2ccc3nc(C=N[S@@+]([O-])C(C)(C)C)cnc32)cc1. The van der Waals surface area contributed by atoms with Gasteiger partial charge in [-0.1, -0.05) is 22.1 Å². The molecule has 142 valence electrons. The summed E-state index contributed by atoms with van der Waals surface area (Å²) >= 11 is -1.41. The first-order valence-corrected chi connectivity index (χ1v) is 10.8. The zero-order valence-corrected chi connectivity index (χ0v) is 17.1. The summed E-state index contributed by atoms with van der Waals surface area (Å²) < 4.78 is 42.4. The zero-order chi connectivity index (χ0) is 19.8. The molecule has 27 heavy (non-hydrogen) atoms. The standard InChI is InChI=1S/C18H20N4O3S2/c1-13-5-7-15(8-6-13)27(24,25)22-10-9-16-17(22)19-11-14(21-16)12-20-26(23)18(2,3)4/h5-12H,1-4H3/t26-/m0/s1. The molecular formula is C18H20N4O3S2. The molecule has 0 bridgehead atoms. The van der Waals surface area contributed by atoms with Gasteiger partial charge in [0, 0.05) is 6.20 Å². The Balaban J connectivity index is 1.97. The van der Waals surface area contributed by atoms with E-state index in [1.807, 2.05) is 27.7 Å². The van der Waals surface area contributed by atoms with E-state index in [9.17, 15) is 13.0 Å². The fourth-order valence-corrected chi connectivity index (χ4v) is 4.06. The van der Waals surface area contributed by atoms with Crippen LogP contribution in [-0.4, -0.2) is 37.9 Å². The van der Waals surface area contributed by atoms with Crippen LogP contribution in [-0.2, 0) is 21.4 Å². The highest BCUT2D eigenvalue weighted by atomic mass is 32.2. The van der Waals surface area contributed by atoms with E-state index in [0.29, 0.717) is 11.2 Å². The van der Waals surface area contributed by atoms with Crippen LogP contribution in [0.25, 0.3) is 11.2 Å². The van der Waals surface area contributed by atoms with E-state index in [-0.39, 0.29) is 10.5 Å². The summed E-state index contributed by atoms with van der Waals surface area (Å²) in [5.74, 6) is 0. The number of aryl methyl sites for hydroxylation is 1. The van der Waals surface area contributed by atoms with Crippen molar-refractivity contribution in [2.75, 3.05) is 0 Å². The van der Waals surface area contributed by atoms with Gasteiger partial charge in [-0.05, 0) is 45.9 Å². The van der Waals surface area contributed by atoms with E-state index in [0.717, 1.165) is 9.54 Å². The average Bonchev–Trinajstić information content (AvgIpc) is 3.03. The number of rotatable bonds is 4. The van der Waals surface area contributed by atoms with Gasteiger partial charge in [0.25, 0.3) is 10.0 Å². The first-order chi connectivity index (χ1) is 12.6. The lowest BCUT2D eigenvalue weighted by atomic mass is 10.2. The largest absolute Gasteiger partial charge is 0.591 e. The van der Waals surface area contributed by atoms with Crippen LogP contribution in [0.3, 0.4) is 0 Å². The monoisotopic (exact) mass is 404 g/mol. The molecule has 0 saturated heterocycles. The van der Waals surface area contributed by atoms with Crippen molar-refractivity contribution >= 4 is 38.8 Å². The van der Waals surface area contributed by atoms with Crippen molar-refractivity contribution in [1.82, 2.24) is 13.9 Å². The molecule has 0 amide bonds. The third kappa shape index (κ3) is 4.05. The van der Waals surface area contributed by atoms with E-state index in [4.69, 9.17) is 0 Å². The van der Waals surface area contributed by atoms with E-state index in [1.165, 1.54) is 18.6 Å². The van der Waals surface area contributed by atoms with Gasteiger partial charge in [0.15, 0.2) is 5.65 Å². The van der Waals surface area contributed by atoms with Crippen LogP contribution in [0.2, 0.25) is 0 Å². The van der Waals surface area contributed by atoms with E-state index >= 15 is 0 Å². The second kappa shape index (κ2) is 7.06. The van der Waals surface area contributed by atoms with Crippen LogP contribution in [0.15, 0.2) is 52.0 Å². The molecule has 0 fully saturated rings. The van der Waals surface area contributed by atoms with E-state index < -0.39 is 26.1 Å². The van der Waals surface area contributed by atoms with Crippen molar-refractivity contribution in [2.24, 2.45) is 4.40 Å². The fourth-order valence-electron chi connectivity index (χ4n) is 2.24. The van der Waals surface area contributed by atoms with Crippen molar-refractivity contribution in [3.05, 3.63) is 54.0 Å². The molecule has 0 aliphatic heterocycles. The maximum Gasteiger partial charge on any atom is 0.269 e. The number of hydrogen-bond acceptors (Lipinski definition) is 6. The lowest BCUT2D eigenvalue weighted by molar-refractivity contribution is 0.561. The van der Waals surface area contributed by atoms with Crippen LogP contribution in [0.1, 0.15) is 32.0 Å². The smallest absolute Gasteiger partial charge is 0.269 e. The highest BCUT2D eigenvalue weighted by Gasteiger charge is 2.26. The molecule has 3 aromatic rings. The van der Waals surface area contributed by atoms with Gasteiger partial charge in [-0.15, -0.1) is 0 Å². The van der Waals surface area contributed by atoms with Crippen molar-refractivity contribution in [3.8, 4) is 0 Å². The molecule has 0 N–H and O–H groups in total. The lowest BCUT2D eigenvalue weighted by Crippen LogP contribution is -2.25. The summed E-state index contributed by atoms with van der Waals surface area (Å²) in [6, 6.07) is 8.19. The van der Waals surface area contributed by atoms with Crippen molar-refractivity contribution in [3.63, 3.8) is 0 Å². The quantitative estimate of drug-likeness (QED) is 0.492. The van der Waals surface area contributed by atoms with Crippen LogP contribution in [0, 0.1) is 6.92 Å². The number of benzene rings is 1. The number of nitrogens with zero attached hydrogens (tertiary/aromatic N) is 4. The Labute approximate surface area is 161 Å². The third-order valence-electron chi connectivity index (χ3n) is 3.76. The minimum atomic E-state index is -3.77. The molecule has 9 heteroatoms. The molecule has 0 unspecified atom stereocenters. The van der Waals surface area contributed by atoms with Gasteiger partial charge in [-0.25, -0.2) is 22.4 Å². The average molecular weight is 405 g/mol. The number of hydrogen-bond donors (Lipinski definition) is 0. The Morgan fingerprint density at radius 3 is 2.48 bits per heavy atom. The maximum absolute atomic E-state index is 12.9. The summed E-state index contributed by atoms with van der Waals surface area (Å²) in [4.78, 5) is 8.74. The molecule has 3 rings (SSSR count). The summed E-state index contributed by atoms with van der Waals surface area (Å²) in [7, 11) is -3.77. The molecular weight excluding hydrogens is 384 g/mol. The van der Waals surface area contributed by atoms with Gasteiger partial charge < -0.3 is 4.55 Å². The first kappa shape index (κ1) is 19.5. The number of fused-ring (bicyclic) bond motifs is 1. The predicted molar refractivity (Wildman–Crippen MR) is 107 cm³/mol. The second-order valence-electron chi connectivity index (χ2n) is 7.03. The summed E-state index contributed by atoms with van der Waals surface area (Å²) in [5, 5.41) is 0. The molecule has 2 aromatic heterocycles. The Kier molecular flexibility index (Phi) is 5.11. The van der Waals surface area contributed by atoms with Gasteiger partial charge in [0.1, 0.15) is 33.5 Å². The Hall–Kier alpha value is -2.23. The van der Waals surface area contributed by atoms with Gasteiger partial charge in [-0.3, -0.25) is 0 Å². The second-order valence-corrected chi connectivity index (χ2v) is 10.8. The van der Waals surface area contributed by atoms with Crippen molar-refractivity contribution in [1.29, 1.82) is 0 Å². The minimum absolute atomic E-state index is 0.179. The third-order valence-corrected chi connectivity index (χ3v) is 6.78. The van der Waals surface area contributed by atoms with Gasteiger partial charge in [0.2, 0.25) is 0 Å². The lowest BCUT2D eigenvalue weighted by Gasteiger charge is -2.17. The zero-order valence-electron chi connectivity index (χ0n) is 15.4. The van der Waals surface area contributed by atoms with Crippen LogP contribution >= 0.6 is 0 Å². The highest BCUT2D eigenvalue weighted by Crippen LogP contribution is 2.20. The van der Waals surface area contributed by atoms with Crippen LogP contribution in [0.4, 0.5) is 0 Å². The minimum Gasteiger partial charge on any atom is -0.591 e. The van der Waals surface area contributed by atoms with Crippen LogP contribution < -0.4 is 0 Å². The summed E-state index contributed by atoms with van der Waals surface area (Å²) in [6.45, 7) is 7.37. The summed E-state index contributed by atoms with van der Waals surface area (Å²) in [5.41, 5.74) is 2.02. The fraction of sp³-hybridized carbons (Fsp3) is 0.278. The predicted octanol–water partition coefficient (Wildman–Crippen LogP) is 2.86. The molecule has 0 aliphatic carbocycles. The topological polar surface area (TPSA) is 100 Å². The Bertz CT molecular complexity index is 1100. The van der Waals surface area contributed by atoms with Gasteiger partial charge in [-0.2, -0.15) is 0 Å². The molecule has 7 nitrogen and oxygen atoms in total. The van der Waals surface area contributed by atoms with E-state index in [1.54, 1.807) is 30.3 Å².